The van der Waals surface area contributed by atoms with Crippen LogP contribution in [0.4, 0.5) is 0 Å². The van der Waals surface area contributed by atoms with Gasteiger partial charge in [-0.15, -0.1) is 6.58 Å². The van der Waals surface area contributed by atoms with Gasteiger partial charge in [0.25, 0.3) is 0 Å². The van der Waals surface area contributed by atoms with Gasteiger partial charge >= 0.3 is 0 Å². The Kier molecular flexibility index (Phi) is 16.2. The lowest BCUT2D eigenvalue weighted by Gasteiger charge is -2.06. The summed E-state index contributed by atoms with van der Waals surface area (Å²) in [6, 6.07) is 0. The van der Waals surface area contributed by atoms with Gasteiger partial charge in [-0.05, 0) is 39.0 Å². The minimum atomic E-state index is 0.778. The summed E-state index contributed by atoms with van der Waals surface area (Å²) in [4.78, 5) is 0. The Morgan fingerprint density at radius 3 is 2.12 bits per heavy atom. The van der Waals surface area contributed by atoms with Crippen LogP contribution in [-0.2, 0) is 0 Å². The zero-order valence-corrected chi connectivity index (χ0v) is 12.2. The first-order chi connectivity index (χ1) is 7.63. The molecule has 0 amide bonds. The van der Waals surface area contributed by atoms with E-state index < -0.39 is 0 Å². The third-order valence-electron chi connectivity index (χ3n) is 3.11. The van der Waals surface area contributed by atoms with E-state index >= 15 is 0 Å². The highest BCUT2D eigenvalue weighted by molar-refractivity contribution is 4.99. The Morgan fingerprint density at radius 1 is 1.19 bits per heavy atom. The van der Waals surface area contributed by atoms with Crippen molar-refractivity contribution in [1.82, 2.24) is 0 Å². The lowest BCUT2D eigenvalue weighted by atomic mass is 10.0. The van der Waals surface area contributed by atoms with Crippen LogP contribution in [0.25, 0.3) is 0 Å². The molecular weight excluding hydrogens is 192 g/mol. The van der Waals surface area contributed by atoms with Crippen LogP contribution in [-0.4, -0.2) is 0 Å². The van der Waals surface area contributed by atoms with Crippen molar-refractivity contribution in [3.05, 3.63) is 24.3 Å². The van der Waals surface area contributed by atoms with E-state index in [1.165, 1.54) is 44.1 Å². The van der Waals surface area contributed by atoms with Gasteiger partial charge in [0, 0.05) is 0 Å². The van der Waals surface area contributed by atoms with E-state index in [2.05, 4.69) is 47.3 Å². The number of hydrogen-bond donors (Lipinski definition) is 0. The van der Waals surface area contributed by atoms with Gasteiger partial charge in [-0.3, -0.25) is 0 Å². The van der Waals surface area contributed by atoms with Crippen LogP contribution in [0.3, 0.4) is 0 Å². The first kappa shape index (κ1) is 17.9. The molecule has 0 nitrogen and oxygen atoms in total. The number of allylic oxidation sites excluding steroid dienone is 3. The molecule has 0 saturated heterocycles. The smallest absolute Gasteiger partial charge is 0.0237 e. The van der Waals surface area contributed by atoms with Gasteiger partial charge in [0.1, 0.15) is 0 Å². The topological polar surface area (TPSA) is 0 Å². The quantitative estimate of drug-likeness (QED) is 0.360. The van der Waals surface area contributed by atoms with Crippen LogP contribution in [0.15, 0.2) is 24.3 Å². The molecule has 0 radical (unpaired) electrons. The molecular formula is C16H32. The van der Waals surface area contributed by atoms with E-state index in [1.54, 1.807) is 0 Å². The van der Waals surface area contributed by atoms with E-state index in [9.17, 15) is 0 Å². The minimum Gasteiger partial charge on any atom is -0.103 e. The molecule has 96 valence electrons. The summed E-state index contributed by atoms with van der Waals surface area (Å²) in [7, 11) is 0. The maximum absolute atomic E-state index is 3.66. The molecule has 0 aromatic heterocycles. The predicted molar refractivity (Wildman–Crippen MR) is 77.8 cm³/mol. The zero-order chi connectivity index (χ0) is 12.8. The highest BCUT2D eigenvalue weighted by Crippen LogP contribution is 2.11. The maximum atomic E-state index is 3.66. The Hall–Kier alpha value is -0.520. The SMILES string of the molecule is C=CCCCCCC.CC=C(C)C(C)CC. The molecule has 16 heavy (non-hydrogen) atoms. The van der Waals surface area contributed by atoms with Crippen LogP contribution in [0.5, 0.6) is 0 Å². The molecule has 0 rings (SSSR count). The molecule has 0 fully saturated rings. The van der Waals surface area contributed by atoms with Crippen molar-refractivity contribution in [3.63, 3.8) is 0 Å². The average molecular weight is 224 g/mol. The van der Waals surface area contributed by atoms with Gasteiger partial charge in [0.2, 0.25) is 0 Å². The summed E-state index contributed by atoms with van der Waals surface area (Å²) in [5.41, 5.74) is 1.51. The summed E-state index contributed by atoms with van der Waals surface area (Å²) in [6.07, 6.45) is 12.1. The van der Waals surface area contributed by atoms with Crippen molar-refractivity contribution < 1.29 is 0 Å². The fourth-order valence-electron chi connectivity index (χ4n) is 1.32. The van der Waals surface area contributed by atoms with E-state index in [0.29, 0.717) is 0 Å². The van der Waals surface area contributed by atoms with Crippen molar-refractivity contribution in [2.24, 2.45) is 5.92 Å². The molecule has 1 atom stereocenters. The third-order valence-corrected chi connectivity index (χ3v) is 3.11. The van der Waals surface area contributed by atoms with Crippen molar-refractivity contribution in [2.45, 2.75) is 73.1 Å². The molecule has 0 N–H and O–H groups in total. The van der Waals surface area contributed by atoms with Crippen LogP contribution in [0, 0.1) is 5.92 Å². The van der Waals surface area contributed by atoms with Crippen molar-refractivity contribution in [1.29, 1.82) is 0 Å². The van der Waals surface area contributed by atoms with Crippen LogP contribution in [0.2, 0.25) is 0 Å². The normalized spacial score (nSPS) is 12.7. The fraction of sp³-hybridized carbons (Fsp3) is 0.750. The van der Waals surface area contributed by atoms with E-state index in [1.807, 2.05) is 6.08 Å². The van der Waals surface area contributed by atoms with E-state index in [4.69, 9.17) is 0 Å². The zero-order valence-electron chi connectivity index (χ0n) is 12.2. The maximum Gasteiger partial charge on any atom is -0.0237 e. The Labute approximate surface area is 104 Å². The minimum absolute atomic E-state index is 0.778. The highest BCUT2D eigenvalue weighted by Gasteiger charge is 1.96. The first-order valence-corrected chi connectivity index (χ1v) is 6.87. The summed E-state index contributed by atoms with van der Waals surface area (Å²) in [6.45, 7) is 14.7. The molecule has 0 heteroatoms. The van der Waals surface area contributed by atoms with E-state index in [-0.39, 0.29) is 0 Å². The molecule has 0 bridgehead atoms. The summed E-state index contributed by atoms with van der Waals surface area (Å²) >= 11 is 0. The lowest BCUT2D eigenvalue weighted by molar-refractivity contribution is 0.654. The van der Waals surface area contributed by atoms with Crippen LogP contribution in [0.1, 0.15) is 73.1 Å². The molecule has 0 heterocycles. The largest absolute Gasteiger partial charge is 0.103 e. The second-order valence-corrected chi connectivity index (χ2v) is 4.48. The molecule has 0 aromatic carbocycles. The van der Waals surface area contributed by atoms with Gasteiger partial charge in [0.05, 0.1) is 0 Å². The van der Waals surface area contributed by atoms with Gasteiger partial charge < -0.3 is 0 Å². The van der Waals surface area contributed by atoms with Crippen LogP contribution >= 0.6 is 0 Å². The van der Waals surface area contributed by atoms with E-state index in [0.717, 1.165) is 5.92 Å². The second-order valence-electron chi connectivity index (χ2n) is 4.48. The summed E-state index contributed by atoms with van der Waals surface area (Å²) in [5, 5.41) is 0. The van der Waals surface area contributed by atoms with Gasteiger partial charge in [-0.2, -0.15) is 0 Å². The Bertz CT molecular complexity index is 165. The fourth-order valence-corrected chi connectivity index (χ4v) is 1.32. The van der Waals surface area contributed by atoms with Crippen LogP contribution < -0.4 is 0 Å². The second kappa shape index (κ2) is 14.5. The third kappa shape index (κ3) is 13.5. The summed E-state index contributed by atoms with van der Waals surface area (Å²) in [5.74, 6) is 0.778. The monoisotopic (exact) mass is 224 g/mol. The number of hydrogen-bond acceptors (Lipinski definition) is 0. The molecule has 0 aliphatic rings. The van der Waals surface area contributed by atoms with Gasteiger partial charge in [0.15, 0.2) is 0 Å². The molecule has 0 spiro atoms. The average Bonchev–Trinajstić information content (AvgIpc) is 2.33. The molecule has 0 saturated carbocycles. The Morgan fingerprint density at radius 2 is 1.81 bits per heavy atom. The van der Waals surface area contributed by atoms with Crippen molar-refractivity contribution in [2.75, 3.05) is 0 Å². The lowest BCUT2D eigenvalue weighted by Crippen LogP contribution is -1.91. The Balaban J connectivity index is 0. The van der Waals surface area contributed by atoms with Gasteiger partial charge in [-0.1, -0.05) is 57.8 Å². The first-order valence-electron chi connectivity index (χ1n) is 6.87. The summed E-state index contributed by atoms with van der Waals surface area (Å²) < 4.78 is 0. The molecule has 0 aromatic rings. The van der Waals surface area contributed by atoms with Crippen molar-refractivity contribution in [3.8, 4) is 0 Å². The molecule has 0 aliphatic heterocycles. The van der Waals surface area contributed by atoms with Crippen molar-refractivity contribution >= 4 is 0 Å². The molecule has 0 aliphatic carbocycles. The highest BCUT2D eigenvalue weighted by atomic mass is 14.0. The standard InChI is InChI=1S/2C8H16/c1-5-7(3)8(4)6-2;1-3-5-7-8-6-4-2/h5,8H,6H2,1-4H3;3H,1,4-8H2,2H3. The number of unbranched alkanes of at least 4 members (excludes halogenated alkanes) is 4. The molecule has 1 unspecified atom stereocenters. The van der Waals surface area contributed by atoms with Gasteiger partial charge in [-0.25, -0.2) is 0 Å². The number of rotatable bonds is 7. The predicted octanol–water partition coefficient (Wildman–Crippen LogP) is 6.14.